The van der Waals surface area contributed by atoms with E-state index in [4.69, 9.17) is 10.5 Å². The van der Waals surface area contributed by atoms with Crippen molar-refractivity contribution in [2.75, 3.05) is 5.73 Å². The molecular formula is C17H17N3O. The summed E-state index contributed by atoms with van der Waals surface area (Å²) in [6.07, 6.45) is 1.90. The Morgan fingerprint density at radius 3 is 2.43 bits per heavy atom. The standard InChI is InChI=1S/C17H17N3O/c1-20-11-15(17(18)19-20)14-9-5-6-10-16(14)21-12-13-7-3-2-4-8-13/h2-11H,12H2,1H3,(H2,18,19). The van der Waals surface area contributed by atoms with Crippen molar-refractivity contribution in [1.82, 2.24) is 9.78 Å². The molecule has 0 unspecified atom stereocenters. The normalized spacial score (nSPS) is 10.5. The zero-order valence-corrected chi connectivity index (χ0v) is 11.9. The van der Waals surface area contributed by atoms with Gasteiger partial charge in [0.25, 0.3) is 0 Å². The lowest BCUT2D eigenvalue weighted by Gasteiger charge is -2.11. The van der Waals surface area contributed by atoms with Gasteiger partial charge >= 0.3 is 0 Å². The van der Waals surface area contributed by atoms with E-state index in [9.17, 15) is 0 Å². The maximum atomic E-state index is 5.96. The summed E-state index contributed by atoms with van der Waals surface area (Å²) >= 11 is 0. The van der Waals surface area contributed by atoms with Crippen LogP contribution < -0.4 is 10.5 Å². The molecule has 0 spiro atoms. The minimum absolute atomic E-state index is 0.508. The molecule has 0 radical (unpaired) electrons. The largest absolute Gasteiger partial charge is 0.488 e. The van der Waals surface area contributed by atoms with Crippen LogP contribution in [0.4, 0.5) is 5.82 Å². The summed E-state index contributed by atoms with van der Waals surface area (Å²) in [5.41, 5.74) is 8.94. The number of hydrogen-bond donors (Lipinski definition) is 1. The summed E-state index contributed by atoms with van der Waals surface area (Å²) in [5, 5.41) is 4.19. The maximum Gasteiger partial charge on any atom is 0.153 e. The summed E-state index contributed by atoms with van der Waals surface area (Å²) in [4.78, 5) is 0. The van der Waals surface area contributed by atoms with Gasteiger partial charge in [-0.1, -0.05) is 48.5 Å². The fraction of sp³-hybridized carbons (Fsp3) is 0.118. The van der Waals surface area contributed by atoms with Crippen molar-refractivity contribution in [2.24, 2.45) is 7.05 Å². The molecule has 0 saturated carbocycles. The van der Waals surface area contributed by atoms with Crippen LogP contribution in [0.1, 0.15) is 5.56 Å². The van der Waals surface area contributed by atoms with Crippen LogP contribution in [-0.2, 0) is 13.7 Å². The Labute approximate surface area is 123 Å². The third-order valence-electron chi connectivity index (χ3n) is 3.27. The van der Waals surface area contributed by atoms with Gasteiger partial charge in [0.1, 0.15) is 12.4 Å². The minimum Gasteiger partial charge on any atom is -0.488 e. The molecule has 0 saturated heterocycles. The summed E-state index contributed by atoms with van der Waals surface area (Å²) < 4.78 is 7.66. The van der Waals surface area contributed by atoms with E-state index in [2.05, 4.69) is 5.10 Å². The second-order valence-electron chi connectivity index (χ2n) is 4.87. The van der Waals surface area contributed by atoms with Crippen molar-refractivity contribution in [3.05, 3.63) is 66.4 Å². The number of aromatic nitrogens is 2. The Balaban J connectivity index is 1.88. The smallest absolute Gasteiger partial charge is 0.153 e. The SMILES string of the molecule is Cn1cc(-c2ccccc2OCc2ccccc2)c(N)n1. The highest BCUT2D eigenvalue weighted by molar-refractivity contribution is 5.77. The molecule has 0 aliphatic carbocycles. The highest BCUT2D eigenvalue weighted by Gasteiger charge is 2.12. The predicted molar refractivity (Wildman–Crippen MR) is 83.8 cm³/mol. The first-order chi connectivity index (χ1) is 10.2. The Morgan fingerprint density at radius 2 is 1.71 bits per heavy atom. The number of para-hydroxylation sites is 1. The molecule has 0 amide bonds. The van der Waals surface area contributed by atoms with Crippen molar-refractivity contribution < 1.29 is 4.74 Å². The molecule has 0 aliphatic heterocycles. The molecule has 0 atom stereocenters. The monoisotopic (exact) mass is 279 g/mol. The average molecular weight is 279 g/mol. The number of nitrogen functional groups attached to an aromatic ring is 1. The van der Waals surface area contributed by atoms with E-state index in [1.54, 1.807) is 4.68 Å². The van der Waals surface area contributed by atoms with Crippen molar-refractivity contribution >= 4 is 5.82 Å². The molecule has 3 aromatic rings. The molecule has 106 valence electrons. The molecule has 4 heteroatoms. The lowest BCUT2D eigenvalue weighted by atomic mass is 10.1. The molecule has 0 aliphatic rings. The number of nitrogens with zero attached hydrogens (tertiary/aromatic N) is 2. The second-order valence-corrected chi connectivity index (χ2v) is 4.87. The lowest BCUT2D eigenvalue weighted by Crippen LogP contribution is -1.97. The van der Waals surface area contributed by atoms with Gasteiger partial charge in [-0.25, -0.2) is 0 Å². The van der Waals surface area contributed by atoms with Gasteiger partial charge in [0, 0.05) is 24.4 Å². The summed E-state index contributed by atoms with van der Waals surface area (Å²) in [6.45, 7) is 0.526. The minimum atomic E-state index is 0.508. The molecule has 1 heterocycles. The first kappa shape index (κ1) is 13.2. The number of nitrogens with two attached hydrogens (primary N) is 1. The summed E-state index contributed by atoms with van der Waals surface area (Å²) in [5.74, 6) is 1.31. The number of ether oxygens (including phenoxy) is 1. The van der Waals surface area contributed by atoms with E-state index in [0.29, 0.717) is 12.4 Å². The van der Waals surface area contributed by atoms with Gasteiger partial charge in [-0.3, -0.25) is 4.68 Å². The predicted octanol–water partition coefficient (Wildman–Crippen LogP) is 3.25. The molecule has 4 nitrogen and oxygen atoms in total. The van der Waals surface area contributed by atoms with E-state index in [1.807, 2.05) is 67.8 Å². The maximum absolute atomic E-state index is 5.96. The molecule has 0 fully saturated rings. The first-order valence-corrected chi connectivity index (χ1v) is 6.79. The Bertz CT molecular complexity index is 735. The van der Waals surface area contributed by atoms with Crippen LogP contribution in [0, 0.1) is 0 Å². The fourth-order valence-electron chi connectivity index (χ4n) is 2.26. The van der Waals surface area contributed by atoms with Gasteiger partial charge < -0.3 is 10.5 Å². The number of aryl methyl sites for hydroxylation is 1. The Kier molecular flexibility index (Phi) is 3.60. The average Bonchev–Trinajstić information content (AvgIpc) is 2.85. The molecule has 2 N–H and O–H groups in total. The van der Waals surface area contributed by atoms with Crippen LogP contribution in [0.5, 0.6) is 5.75 Å². The molecule has 3 rings (SSSR count). The fourth-order valence-corrected chi connectivity index (χ4v) is 2.26. The van der Waals surface area contributed by atoms with Gasteiger partial charge in [0.15, 0.2) is 5.82 Å². The third kappa shape index (κ3) is 2.89. The lowest BCUT2D eigenvalue weighted by molar-refractivity contribution is 0.307. The van der Waals surface area contributed by atoms with Crippen LogP contribution in [0.25, 0.3) is 11.1 Å². The Hall–Kier alpha value is -2.75. The summed E-state index contributed by atoms with van der Waals surface area (Å²) in [6, 6.07) is 18.0. The zero-order valence-electron chi connectivity index (χ0n) is 11.9. The summed E-state index contributed by atoms with van der Waals surface area (Å²) in [7, 11) is 1.85. The quantitative estimate of drug-likeness (QED) is 0.797. The number of rotatable bonds is 4. The van der Waals surface area contributed by atoms with Crippen molar-refractivity contribution in [3.8, 4) is 16.9 Å². The van der Waals surface area contributed by atoms with E-state index < -0.39 is 0 Å². The molecule has 21 heavy (non-hydrogen) atoms. The van der Waals surface area contributed by atoms with Crippen molar-refractivity contribution in [1.29, 1.82) is 0 Å². The van der Waals surface area contributed by atoms with Gasteiger partial charge in [-0.15, -0.1) is 0 Å². The highest BCUT2D eigenvalue weighted by Crippen LogP contribution is 2.33. The number of benzene rings is 2. The number of anilines is 1. The van der Waals surface area contributed by atoms with E-state index in [0.717, 1.165) is 22.4 Å². The van der Waals surface area contributed by atoms with E-state index in [-0.39, 0.29) is 0 Å². The van der Waals surface area contributed by atoms with Gasteiger partial charge in [0.05, 0.1) is 0 Å². The van der Waals surface area contributed by atoms with E-state index >= 15 is 0 Å². The molecular weight excluding hydrogens is 262 g/mol. The topological polar surface area (TPSA) is 53.1 Å². The molecule has 0 bridgehead atoms. The van der Waals surface area contributed by atoms with Crippen LogP contribution in [-0.4, -0.2) is 9.78 Å². The molecule has 2 aromatic carbocycles. The van der Waals surface area contributed by atoms with E-state index in [1.165, 1.54) is 0 Å². The van der Waals surface area contributed by atoms with Gasteiger partial charge in [-0.2, -0.15) is 5.10 Å². The zero-order chi connectivity index (χ0) is 14.7. The van der Waals surface area contributed by atoms with Gasteiger partial charge in [-0.05, 0) is 11.6 Å². The van der Waals surface area contributed by atoms with Crippen molar-refractivity contribution in [2.45, 2.75) is 6.61 Å². The van der Waals surface area contributed by atoms with Crippen LogP contribution in [0.2, 0.25) is 0 Å². The Morgan fingerprint density at radius 1 is 1.00 bits per heavy atom. The number of hydrogen-bond acceptors (Lipinski definition) is 3. The third-order valence-corrected chi connectivity index (χ3v) is 3.27. The van der Waals surface area contributed by atoms with Crippen LogP contribution in [0.15, 0.2) is 60.8 Å². The van der Waals surface area contributed by atoms with Gasteiger partial charge in [0.2, 0.25) is 0 Å². The van der Waals surface area contributed by atoms with Crippen molar-refractivity contribution in [3.63, 3.8) is 0 Å². The van der Waals surface area contributed by atoms with Crippen LogP contribution in [0.3, 0.4) is 0 Å². The molecule has 1 aromatic heterocycles. The first-order valence-electron chi connectivity index (χ1n) is 6.79. The highest BCUT2D eigenvalue weighted by atomic mass is 16.5. The second kappa shape index (κ2) is 5.71. The van der Waals surface area contributed by atoms with Crippen LogP contribution >= 0.6 is 0 Å².